The monoisotopic (exact) mass is 312 g/mol. The summed E-state index contributed by atoms with van der Waals surface area (Å²) in [7, 11) is 0. The van der Waals surface area contributed by atoms with Gasteiger partial charge >= 0.3 is 0 Å². The molecule has 2 aliphatic rings. The molecule has 3 heterocycles. The van der Waals surface area contributed by atoms with E-state index in [4.69, 9.17) is 4.74 Å². The van der Waals surface area contributed by atoms with Gasteiger partial charge in [-0.05, 0) is 44.8 Å². The molecule has 6 nitrogen and oxygen atoms in total. The molecule has 1 aromatic rings. The highest BCUT2D eigenvalue weighted by atomic mass is 32.2. The normalized spacial score (nSPS) is 28.3. The number of hydrogen-bond donors (Lipinski definition) is 2. The lowest BCUT2D eigenvalue weighted by molar-refractivity contribution is 0.00309. The van der Waals surface area contributed by atoms with Crippen LogP contribution >= 0.6 is 0 Å². The smallest absolute Gasteiger partial charge is 0.115 e. The summed E-state index contributed by atoms with van der Waals surface area (Å²) >= 11 is -1.01. The van der Waals surface area contributed by atoms with Crippen LogP contribution in [0.1, 0.15) is 31.0 Å². The Hall–Kier alpha value is -0.600. The molecule has 1 saturated heterocycles. The fraction of sp³-hybridized carbons (Fsp3) is 0.786. The van der Waals surface area contributed by atoms with Gasteiger partial charge in [0.2, 0.25) is 0 Å². The van der Waals surface area contributed by atoms with E-state index in [2.05, 4.69) is 25.9 Å². The van der Waals surface area contributed by atoms with E-state index in [-0.39, 0.29) is 12.1 Å². The standard InChI is InChI=1S/C14H24N4O2S/c1-21(19)17-13-3-2-11-4-9-16-18(11)14(13)10-20-12-5-7-15-8-6-12/h4,9,12-15,17H,2-3,5-8,10H2,1H3. The van der Waals surface area contributed by atoms with Crippen molar-refractivity contribution in [2.24, 2.45) is 0 Å². The quantitative estimate of drug-likeness (QED) is 0.770. The van der Waals surface area contributed by atoms with Crippen molar-refractivity contribution in [1.29, 1.82) is 0 Å². The number of ether oxygens (including phenoxy) is 1. The molecule has 1 fully saturated rings. The Morgan fingerprint density at radius 1 is 1.48 bits per heavy atom. The third-order valence-electron chi connectivity index (χ3n) is 4.35. The summed E-state index contributed by atoms with van der Waals surface area (Å²) in [5.74, 6) is 0. The van der Waals surface area contributed by atoms with Gasteiger partial charge < -0.3 is 14.6 Å². The highest BCUT2D eigenvalue weighted by Gasteiger charge is 2.33. The molecule has 0 bridgehead atoms. The number of fused-ring (bicyclic) bond motifs is 1. The molecule has 7 heteroatoms. The number of nitrogens with zero attached hydrogens (tertiary/aromatic N) is 2. The summed E-state index contributed by atoms with van der Waals surface area (Å²) in [6.07, 6.45) is 7.94. The molecule has 2 N–H and O–H groups in total. The summed E-state index contributed by atoms with van der Waals surface area (Å²) in [4.78, 5) is 0. The van der Waals surface area contributed by atoms with Crippen molar-refractivity contribution in [3.05, 3.63) is 18.0 Å². The Labute approximate surface area is 128 Å². The van der Waals surface area contributed by atoms with E-state index >= 15 is 0 Å². The first-order valence-electron chi connectivity index (χ1n) is 7.68. The summed E-state index contributed by atoms with van der Waals surface area (Å²) < 4.78 is 22.9. The van der Waals surface area contributed by atoms with Gasteiger partial charge in [0.15, 0.2) is 0 Å². The van der Waals surface area contributed by atoms with Gasteiger partial charge in [-0.15, -0.1) is 4.72 Å². The minimum atomic E-state index is -1.01. The summed E-state index contributed by atoms with van der Waals surface area (Å²) in [6, 6.07) is 2.35. The largest absolute Gasteiger partial charge is 0.598 e. The molecular weight excluding hydrogens is 288 g/mol. The lowest BCUT2D eigenvalue weighted by Gasteiger charge is -2.34. The maximum Gasteiger partial charge on any atom is 0.115 e. The number of rotatable bonds is 5. The average molecular weight is 312 g/mol. The molecule has 0 spiro atoms. The van der Waals surface area contributed by atoms with Crippen molar-refractivity contribution >= 4 is 11.4 Å². The first-order valence-corrected chi connectivity index (χ1v) is 9.24. The number of aromatic nitrogens is 2. The number of aryl methyl sites for hydroxylation is 1. The van der Waals surface area contributed by atoms with Crippen molar-refractivity contribution in [3.63, 3.8) is 0 Å². The van der Waals surface area contributed by atoms with Crippen molar-refractivity contribution in [2.75, 3.05) is 26.0 Å². The molecule has 3 unspecified atom stereocenters. The number of piperidine rings is 1. The maximum absolute atomic E-state index is 11.5. The van der Waals surface area contributed by atoms with Crippen LogP contribution in [0.3, 0.4) is 0 Å². The van der Waals surface area contributed by atoms with E-state index in [1.54, 1.807) is 6.26 Å². The van der Waals surface area contributed by atoms with Crippen LogP contribution in [-0.2, 0) is 22.5 Å². The summed E-state index contributed by atoms with van der Waals surface area (Å²) in [6.45, 7) is 2.69. The van der Waals surface area contributed by atoms with E-state index < -0.39 is 11.4 Å². The molecule has 0 amide bonds. The van der Waals surface area contributed by atoms with E-state index in [0.717, 1.165) is 38.8 Å². The molecule has 3 rings (SSSR count). The number of nitrogens with one attached hydrogen (secondary N) is 2. The molecule has 0 radical (unpaired) electrons. The molecule has 0 saturated carbocycles. The Morgan fingerprint density at radius 2 is 2.29 bits per heavy atom. The average Bonchev–Trinajstić information content (AvgIpc) is 2.95. The predicted octanol–water partition coefficient (Wildman–Crippen LogP) is 0.391. The molecule has 3 atom stereocenters. The number of hydrogen-bond acceptors (Lipinski definition) is 5. The van der Waals surface area contributed by atoms with Crippen molar-refractivity contribution in [2.45, 2.75) is 43.9 Å². The van der Waals surface area contributed by atoms with Crippen LogP contribution in [0, 0.1) is 0 Å². The second-order valence-electron chi connectivity index (χ2n) is 5.83. The van der Waals surface area contributed by atoms with Crippen molar-refractivity contribution in [3.8, 4) is 0 Å². The van der Waals surface area contributed by atoms with Gasteiger partial charge in [-0.2, -0.15) is 5.10 Å². The summed E-state index contributed by atoms with van der Waals surface area (Å²) in [5.41, 5.74) is 1.24. The molecule has 0 aliphatic carbocycles. The fourth-order valence-electron chi connectivity index (χ4n) is 3.24. The highest BCUT2D eigenvalue weighted by molar-refractivity contribution is 7.88. The van der Waals surface area contributed by atoms with Gasteiger partial charge in [0.05, 0.1) is 24.8 Å². The third-order valence-corrected chi connectivity index (χ3v) is 4.98. The van der Waals surface area contributed by atoms with Crippen LogP contribution in [-0.4, -0.2) is 52.4 Å². The first kappa shape index (κ1) is 15.3. The summed E-state index contributed by atoms with van der Waals surface area (Å²) in [5, 5.41) is 7.79. The van der Waals surface area contributed by atoms with Gasteiger partial charge in [-0.3, -0.25) is 4.68 Å². The molecule has 1 aromatic heterocycles. The molecule has 0 aromatic carbocycles. The fourth-order valence-corrected chi connectivity index (χ4v) is 3.94. The SMILES string of the molecule is C[S+]([O-])NC1CCc2ccnn2C1COC1CCNCC1. The Balaban J connectivity index is 1.65. The predicted molar refractivity (Wildman–Crippen MR) is 82.4 cm³/mol. The highest BCUT2D eigenvalue weighted by Crippen LogP contribution is 2.26. The van der Waals surface area contributed by atoms with Crippen LogP contribution in [0.25, 0.3) is 0 Å². The lowest BCUT2D eigenvalue weighted by Crippen LogP contribution is -2.46. The van der Waals surface area contributed by atoms with Crippen LogP contribution in [0.2, 0.25) is 0 Å². The molecule has 2 aliphatic heterocycles. The minimum Gasteiger partial charge on any atom is -0.598 e. The van der Waals surface area contributed by atoms with Gasteiger partial charge in [0, 0.05) is 23.3 Å². The Bertz CT molecular complexity index is 448. The molecule has 21 heavy (non-hydrogen) atoms. The van der Waals surface area contributed by atoms with Gasteiger partial charge in [0.25, 0.3) is 0 Å². The van der Waals surface area contributed by atoms with Crippen LogP contribution in [0.5, 0.6) is 0 Å². The Kier molecular flexibility index (Phi) is 5.18. The van der Waals surface area contributed by atoms with Gasteiger partial charge in [-0.1, -0.05) is 0 Å². The van der Waals surface area contributed by atoms with Gasteiger partial charge in [0.1, 0.15) is 6.26 Å². The first-order chi connectivity index (χ1) is 10.2. The maximum atomic E-state index is 11.5. The second-order valence-corrected chi connectivity index (χ2v) is 6.98. The zero-order valence-electron chi connectivity index (χ0n) is 12.5. The van der Waals surface area contributed by atoms with E-state index in [1.165, 1.54) is 5.69 Å². The zero-order valence-corrected chi connectivity index (χ0v) is 13.3. The molecular formula is C14H24N4O2S. The van der Waals surface area contributed by atoms with E-state index in [0.29, 0.717) is 12.7 Å². The lowest BCUT2D eigenvalue weighted by atomic mass is 9.98. The van der Waals surface area contributed by atoms with Crippen molar-refractivity contribution < 1.29 is 9.29 Å². The van der Waals surface area contributed by atoms with Crippen LogP contribution < -0.4 is 10.0 Å². The third kappa shape index (κ3) is 3.78. The minimum absolute atomic E-state index is 0.127. The Morgan fingerprint density at radius 3 is 3.05 bits per heavy atom. The second kappa shape index (κ2) is 7.11. The topological polar surface area (TPSA) is 74.2 Å². The molecule has 118 valence electrons. The zero-order chi connectivity index (χ0) is 14.7. The van der Waals surface area contributed by atoms with E-state index in [1.807, 2.05) is 6.20 Å². The van der Waals surface area contributed by atoms with Crippen molar-refractivity contribution in [1.82, 2.24) is 19.8 Å². The van der Waals surface area contributed by atoms with Crippen LogP contribution in [0.15, 0.2) is 12.3 Å². The van der Waals surface area contributed by atoms with Gasteiger partial charge in [-0.25, -0.2) is 0 Å². The van der Waals surface area contributed by atoms with Crippen LogP contribution in [0.4, 0.5) is 0 Å². The van der Waals surface area contributed by atoms with E-state index in [9.17, 15) is 4.55 Å².